The minimum absolute atomic E-state index is 0.0748. The molecule has 172 valence electrons. The highest BCUT2D eigenvalue weighted by Crippen LogP contribution is 2.22. The molecule has 2 amide bonds. The summed E-state index contributed by atoms with van der Waals surface area (Å²) in [5.74, 6) is -1.61. The van der Waals surface area contributed by atoms with Crippen molar-refractivity contribution in [3.8, 4) is 5.75 Å². The zero-order chi connectivity index (χ0) is 23.1. The molecule has 11 heteroatoms. The molecule has 0 aromatic heterocycles. The SMILES string of the molecule is COc1ccccc1CCNC(=O)C(=O)NCC1OCCN1S(=O)(=O)c1ccc(F)cc1. The van der Waals surface area contributed by atoms with Gasteiger partial charge in [-0.15, -0.1) is 0 Å². The summed E-state index contributed by atoms with van der Waals surface area (Å²) in [5, 5.41) is 4.91. The van der Waals surface area contributed by atoms with Crippen molar-refractivity contribution >= 4 is 21.8 Å². The molecule has 1 saturated heterocycles. The zero-order valence-electron chi connectivity index (χ0n) is 17.4. The van der Waals surface area contributed by atoms with Crippen molar-refractivity contribution in [2.75, 3.05) is 33.4 Å². The molecule has 2 aromatic carbocycles. The predicted molar refractivity (Wildman–Crippen MR) is 113 cm³/mol. The lowest BCUT2D eigenvalue weighted by molar-refractivity contribution is -0.139. The van der Waals surface area contributed by atoms with Gasteiger partial charge in [-0.2, -0.15) is 4.31 Å². The fourth-order valence-corrected chi connectivity index (χ4v) is 4.75. The van der Waals surface area contributed by atoms with Crippen LogP contribution in [0.1, 0.15) is 5.56 Å². The maximum absolute atomic E-state index is 13.1. The maximum Gasteiger partial charge on any atom is 0.309 e. The van der Waals surface area contributed by atoms with E-state index >= 15 is 0 Å². The molecule has 1 aliphatic rings. The number of hydrogen-bond acceptors (Lipinski definition) is 6. The van der Waals surface area contributed by atoms with Gasteiger partial charge in [-0.1, -0.05) is 18.2 Å². The van der Waals surface area contributed by atoms with Crippen LogP contribution in [0.5, 0.6) is 5.75 Å². The molecule has 0 spiro atoms. The Morgan fingerprint density at radius 2 is 1.81 bits per heavy atom. The van der Waals surface area contributed by atoms with Crippen LogP contribution in [0.4, 0.5) is 4.39 Å². The third-order valence-electron chi connectivity index (χ3n) is 4.88. The lowest BCUT2D eigenvalue weighted by atomic mass is 10.1. The molecule has 9 nitrogen and oxygen atoms in total. The average molecular weight is 466 g/mol. The fraction of sp³-hybridized carbons (Fsp3) is 0.333. The third-order valence-corrected chi connectivity index (χ3v) is 6.78. The zero-order valence-corrected chi connectivity index (χ0v) is 18.2. The topological polar surface area (TPSA) is 114 Å². The number of nitrogens with zero attached hydrogens (tertiary/aromatic N) is 1. The molecule has 0 bridgehead atoms. The van der Waals surface area contributed by atoms with E-state index in [0.717, 1.165) is 34.1 Å². The Labute approximate surface area is 185 Å². The van der Waals surface area contributed by atoms with Crippen LogP contribution in [-0.4, -0.2) is 64.1 Å². The number of sulfonamides is 1. The Balaban J connectivity index is 1.51. The van der Waals surface area contributed by atoms with E-state index < -0.39 is 33.9 Å². The summed E-state index contributed by atoms with van der Waals surface area (Å²) < 4.78 is 50.4. The largest absolute Gasteiger partial charge is 0.496 e. The van der Waals surface area contributed by atoms with E-state index in [0.29, 0.717) is 12.2 Å². The quantitative estimate of drug-likeness (QED) is 0.554. The first-order valence-electron chi connectivity index (χ1n) is 9.90. The number of para-hydroxylation sites is 1. The molecule has 2 N–H and O–H groups in total. The van der Waals surface area contributed by atoms with Crippen LogP contribution in [0.2, 0.25) is 0 Å². The van der Waals surface area contributed by atoms with Gasteiger partial charge in [-0.25, -0.2) is 12.8 Å². The normalized spacial score (nSPS) is 16.5. The number of methoxy groups -OCH3 is 1. The monoisotopic (exact) mass is 465 g/mol. The van der Waals surface area contributed by atoms with Crippen LogP contribution in [0.15, 0.2) is 53.4 Å². The van der Waals surface area contributed by atoms with Crippen molar-refractivity contribution < 1.29 is 31.9 Å². The number of hydrogen-bond donors (Lipinski definition) is 2. The molecule has 1 atom stereocenters. The first-order valence-corrected chi connectivity index (χ1v) is 11.3. The van der Waals surface area contributed by atoms with E-state index in [1.165, 1.54) is 0 Å². The molecule has 1 heterocycles. The van der Waals surface area contributed by atoms with Crippen LogP contribution >= 0.6 is 0 Å². The van der Waals surface area contributed by atoms with Gasteiger partial charge in [0, 0.05) is 13.1 Å². The van der Waals surface area contributed by atoms with Crippen molar-refractivity contribution in [3.05, 3.63) is 59.9 Å². The summed E-state index contributed by atoms with van der Waals surface area (Å²) >= 11 is 0. The standard InChI is InChI=1S/C21H24FN3O6S/c1-30-18-5-3-2-4-15(18)10-11-23-20(26)21(27)24-14-19-25(12-13-31-19)32(28,29)17-8-6-16(22)7-9-17/h2-9,19H,10-14H2,1H3,(H,23,26)(H,24,27). The first kappa shape index (κ1) is 23.6. The summed E-state index contributed by atoms with van der Waals surface area (Å²) in [5.41, 5.74) is 0.886. The van der Waals surface area contributed by atoms with Gasteiger partial charge in [0.25, 0.3) is 0 Å². The summed E-state index contributed by atoms with van der Waals surface area (Å²) in [4.78, 5) is 24.1. The highest BCUT2D eigenvalue weighted by atomic mass is 32.2. The molecule has 1 unspecified atom stereocenters. The number of amides is 2. The van der Waals surface area contributed by atoms with Crippen molar-refractivity contribution in [2.45, 2.75) is 17.5 Å². The Hall–Kier alpha value is -3.02. The van der Waals surface area contributed by atoms with Gasteiger partial charge in [-0.05, 0) is 42.3 Å². The van der Waals surface area contributed by atoms with E-state index in [1.54, 1.807) is 13.2 Å². The fourth-order valence-electron chi connectivity index (χ4n) is 3.24. The molecular weight excluding hydrogens is 441 g/mol. The molecular formula is C21H24FN3O6S. The van der Waals surface area contributed by atoms with Gasteiger partial charge in [-0.3, -0.25) is 9.59 Å². The van der Waals surface area contributed by atoms with Crippen LogP contribution in [0.25, 0.3) is 0 Å². The third kappa shape index (κ3) is 5.61. The Morgan fingerprint density at radius 3 is 2.53 bits per heavy atom. The smallest absolute Gasteiger partial charge is 0.309 e. The minimum atomic E-state index is -3.95. The van der Waals surface area contributed by atoms with Gasteiger partial charge < -0.3 is 20.1 Å². The Bertz CT molecular complexity index is 1060. The minimum Gasteiger partial charge on any atom is -0.496 e. The van der Waals surface area contributed by atoms with E-state index in [1.807, 2.05) is 18.2 Å². The summed E-state index contributed by atoms with van der Waals surface area (Å²) in [6.07, 6.45) is -0.506. The Morgan fingerprint density at radius 1 is 1.12 bits per heavy atom. The van der Waals surface area contributed by atoms with Crippen LogP contribution in [0.3, 0.4) is 0 Å². The van der Waals surface area contributed by atoms with Crippen LogP contribution < -0.4 is 15.4 Å². The van der Waals surface area contributed by atoms with Gasteiger partial charge in [0.2, 0.25) is 10.0 Å². The first-order chi connectivity index (χ1) is 15.3. The van der Waals surface area contributed by atoms with Gasteiger partial charge in [0.1, 0.15) is 17.8 Å². The van der Waals surface area contributed by atoms with Crippen LogP contribution in [0, 0.1) is 5.82 Å². The van der Waals surface area contributed by atoms with Gasteiger partial charge in [0.15, 0.2) is 0 Å². The maximum atomic E-state index is 13.1. The predicted octanol–water partition coefficient (Wildman–Crippen LogP) is 0.656. The van der Waals surface area contributed by atoms with E-state index in [-0.39, 0.29) is 31.1 Å². The second kappa shape index (κ2) is 10.5. The molecule has 1 fully saturated rings. The molecule has 2 aromatic rings. The van der Waals surface area contributed by atoms with Crippen molar-refractivity contribution in [3.63, 3.8) is 0 Å². The molecule has 3 rings (SSSR count). The molecule has 32 heavy (non-hydrogen) atoms. The van der Waals surface area contributed by atoms with Crippen molar-refractivity contribution in [1.29, 1.82) is 0 Å². The Kier molecular flexibility index (Phi) is 7.78. The van der Waals surface area contributed by atoms with E-state index in [2.05, 4.69) is 10.6 Å². The second-order valence-corrected chi connectivity index (χ2v) is 8.81. The number of carbonyl (C=O) groups is 2. The summed E-state index contributed by atoms with van der Waals surface area (Å²) in [6, 6.07) is 11.8. The van der Waals surface area contributed by atoms with E-state index in [4.69, 9.17) is 9.47 Å². The number of rotatable bonds is 8. The summed E-state index contributed by atoms with van der Waals surface area (Å²) in [6.45, 7) is 0.216. The van der Waals surface area contributed by atoms with Crippen molar-refractivity contribution in [2.24, 2.45) is 0 Å². The average Bonchev–Trinajstić information content (AvgIpc) is 3.27. The molecule has 1 aliphatic heterocycles. The highest BCUT2D eigenvalue weighted by Gasteiger charge is 2.36. The van der Waals surface area contributed by atoms with E-state index in [9.17, 15) is 22.4 Å². The van der Waals surface area contributed by atoms with Crippen LogP contribution in [-0.2, 0) is 30.8 Å². The number of halogens is 1. The number of benzene rings is 2. The van der Waals surface area contributed by atoms with Crippen molar-refractivity contribution in [1.82, 2.24) is 14.9 Å². The van der Waals surface area contributed by atoms with Gasteiger partial charge >= 0.3 is 11.8 Å². The molecule has 0 aliphatic carbocycles. The second-order valence-electron chi connectivity index (χ2n) is 6.92. The number of ether oxygens (including phenoxy) is 2. The lowest BCUT2D eigenvalue weighted by Gasteiger charge is -2.22. The highest BCUT2D eigenvalue weighted by molar-refractivity contribution is 7.89. The number of carbonyl (C=O) groups excluding carboxylic acids is 2. The summed E-state index contributed by atoms with van der Waals surface area (Å²) in [7, 11) is -2.40. The lowest BCUT2D eigenvalue weighted by Crippen LogP contribution is -2.47. The molecule has 0 radical (unpaired) electrons. The number of nitrogens with one attached hydrogen (secondary N) is 2. The van der Waals surface area contributed by atoms with Gasteiger partial charge in [0.05, 0.1) is 25.2 Å². The molecule has 0 saturated carbocycles.